The number of amides is 2. The summed E-state index contributed by atoms with van der Waals surface area (Å²) in [5.41, 5.74) is 2.01. The van der Waals surface area contributed by atoms with Gasteiger partial charge in [-0.3, -0.25) is 10.00 Å². The van der Waals surface area contributed by atoms with Crippen LogP contribution < -0.4 is 10.6 Å². The van der Waals surface area contributed by atoms with E-state index in [-0.39, 0.29) is 12.1 Å². The number of rotatable bonds is 5. The summed E-state index contributed by atoms with van der Waals surface area (Å²) in [5.74, 6) is 1.12. The first kappa shape index (κ1) is 16.7. The molecule has 0 atom stereocenters. The van der Waals surface area contributed by atoms with E-state index in [1.165, 1.54) is 0 Å². The smallest absolute Gasteiger partial charge is 0.322 e. The standard InChI is InChI=1S/C19H21N5O/c1-3-16-20-18(23-24(16)2)22-19(25)21-17(14-10-6-4-7-11-14)15-12-8-5-9-13-15/h4-13,17H,3H2,1-2H3,(H2,21,22,23,25). The number of aromatic nitrogens is 3. The number of urea groups is 1. The number of carbonyl (C=O) groups is 1. The van der Waals surface area contributed by atoms with Gasteiger partial charge in [-0.05, 0) is 11.1 Å². The fourth-order valence-electron chi connectivity index (χ4n) is 2.70. The van der Waals surface area contributed by atoms with Gasteiger partial charge in [-0.1, -0.05) is 67.6 Å². The van der Waals surface area contributed by atoms with Crippen LogP contribution in [0.2, 0.25) is 0 Å². The van der Waals surface area contributed by atoms with Crippen LogP contribution in [0.5, 0.6) is 0 Å². The lowest BCUT2D eigenvalue weighted by atomic mass is 9.99. The van der Waals surface area contributed by atoms with Crippen LogP contribution in [0.4, 0.5) is 10.7 Å². The maximum atomic E-state index is 12.5. The van der Waals surface area contributed by atoms with Crippen LogP contribution in [-0.2, 0) is 13.5 Å². The van der Waals surface area contributed by atoms with Gasteiger partial charge in [0.2, 0.25) is 5.95 Å². The lowest BCUT2D eigenvalue weighted by molar-refractivity contribution is 0.250. The Bertz CT molecular complexity index is 790. The predicted molar refractivity (Wildman–Crippen MR) is 97.3 cm³/mol. The molecule has 3 aromatic rings. The largest absolute Gasteiger partial charge is 0.327 e. The Morgan fingerprint density at radius 1 is 1.04 bits per heavy atom. The molecule has 0 aliphatic carbocycles. The molecule has 128 valence electrons. The third-order valence-corrected chi connectivity index (χ3v) is 3.94. The minimum atomic E-state index is -0.342. The van der Waals surface area contributed by atoms with Gasteiger partial charge in [0.15, 0.2) is 0 Å². The number of benzene rings is 2. The van der Waals surface area contributed by atoms with Gasteiger partial charge in [-0.25, -0.2) is 4.79 Å². The van der Waals surface area contributed by atoms with Crippen LogP contribution in [-0.4, -0.2) is 20.8 Å². The minimum Gasteiger partial charge on any atom is -0.327 e. The zero-order valence-corrected chi connectivity index (χ0v) is 14.3. The maximum Gasteiger partial charge on any atom is 0.322 e. The minimum absolute atomic E-state index is 0.253. The normalized spacial score (nSPS) is 10.7. The van der Waals surface area contributed by atoms with Gasteiger partial charge < -0.3 is 5.32 Å². The molecule has 2 amide bonds. The van der Waals surface area contributed by atoms with Crippen LogP contribution in [0.25, 0.3) is 0 Å². The highest BCUT2D eigenvalue weighted by Gasteiger charge is 2.17. The molecule has 6 heteroatoms. The number of carbonyl (C=O) groups excluding carboxylic acids is 1. The first-order chi connectivity index (χ1) is 12.2. The Kier molecular flexibility index (Phi) is 5.09. The molecule has 0 saturated carbocycles. The van der Waals surface area contributed by atoms with Crippen LogP contribution >= 0.6 is 0 Å². The summed E-state index contributed by atoms with van der Waals surface area (Å²) in [6.07, 6.45) is 0.753. The maximum absolute atomic E-state index is 12.5. The molecule has 1 heterocycles. The van der Waals surface area contributed by atoms with Crippen molar-refractivity contribution in [3.05, 3.63) is 77.6 Å². The van der Waals surface area contributed by atoms with Crippen LogP contribution in [0, 0.1) is 0 Å². The van der Waals surface area contributed by atoms with Crippen molar-refractivity contribution in [1.29, 1.82) is 0 Å². The van der Waals surface area contributed by atoms with Crippen molar-refractivity contribution in [2.24, 2.45) is 7.05 Å². The molecule has 0 saturated heterocycles. The summed E-state index contributed by atoms with van der Waals surface area (Å²) in [7, 11) is 1.81. The van der Waals surface area contributed by atoms with E-state index in [4.69, 9.17) is 0 Å². The zero-order chi connectivity index (χ0) is 17.6. The monoisotopic (exact) mass is 335 g/mol. The summed E-state index contributed by atoms with van der Waals surface area (Å²) in [5, 5.41) is 9.93. The topological polar surface area (TPSA) is 71.8 Å². The summed E-state index contributed by atoms with van der Waals surface area (Å²) < 4.78 is 1.67. The lowest BCUT2D eigenvalue weighted by Gasteiger charge is -2.19. The van der Waals surface area contributed by atoms with Gasteiger partial charge >= 0.3 is 6.03 Å². The predicted octanol–water partition coefficient (Wildman–Crippen LogP) is 3.29. The number of hydrogen-bond acceptors (Lipinski definition) is 3. The van der Waals surface area contributed by atoms with Gasteiger partial charge in [-0.15, -0.1) is 5.10 Å². The molecule has 3 rings (SSSR count). The van der Waals surface area contributed by atoms with Gasteiger partial charge in [0.1, 0.15) is 5.82 Å². The van der Waals surface area contributed by atoms with Crippen molar-refractivity contribution < 1.29 is 4.79 Å². The summed E-state index contributed by atoms with van der Waals surface area (Å²) in [6.45, 7) is 1.99. The van der Waals surface area contributed by atoms with Crippen molar-refractivity contribution in [2.75, 3.05) is 5.32 Å². The van der Waals surface area contributed by atoms with Gasteiger partial charge in [0.25, 0.3) is 0 Å². The Morgan fingerprint density at radius 2 is 1.60 bits per heavy atom. The highest BCUT2D eigenvalue weighted by Crippen LogP contribution is 2.21. The Hall–Kier alpha value is -3.15. The van der Waals surface area contributed by atoms with Crippen molar-refractivity contribution in [1.82, 2.24) is 20.1 Å². The zero-order valence-electron chi connectivity index (χ0n) is 14.3. The van der Waals surface area contributed by atoms with Crippen LogP contribution in [0.1, 0.15) is 29.9 Å². The van der Waals surface area contributed by atoms with Crippen molar-refractivity contribution in [3.63, 3.8) is 0 Å². The highest BCUT2D eigenvalue weighted by atomic mass is 16.2. The highest BCUT2D eigenvalue weighted by molar-refractivity contribution is 5.87. The number of hydrogen-bond donors (Lipinski definition) is 2. The summed E-state index contributed by atoms with van der Waals surface area (Å²) in [6, 6.07) is 19.1. The van der Waals surface area contributed by atoms with Gasteiger partial charge in [0, 0.05) is 13.5 Å². The average Bonchev–Trinajstić information content (AvgIpc) is 3.00. The van der Waals surface area contributed by atoms with Gasteiger partial charge in [-0.2, -0.15) is 4.98 Å². The quantitative estimate of drug-likeness (QED) is 0.751. The molecular weight excluding hydrogens is 314 g/mol. The molecule has 0 bridgehead atoms. The van der Waals surface area contributed by atoms with Crippen molar-refractivity contribution >= 4 is 12.0 Å². The molecule has 0 spiro atoms. The number of aryl methyl sites for hydroxylation is 2. The second kappa shape index (κ2) is 7.61. The molecule has 0 aliphatic rings. The Morgan fingerprint density at radius 3 is 2.08 bits per heavy atom. The molecule has 0 aliphatic heterocycles. The van der Waals surface area contributed by atoms with Crippen LogP contribution in [0.3, 0.4) is 0 Å². The average molecular weight is 335 g/mol. The second-order valence-electron chi connectivity index (χ2n) is 5.68. The summed E-state index contributed by atoms with van der Waals surface area (Å²) in [4.78, 5) is 16.8. The first-order valence-electron chi connectivity index (χ1n) is 8.24. The molecular formula is C19H21N5O. The van der Waals surface area contributed by atoms with E-state index in [0.717, 1.165) is 23.4 Å². The van der Waals surface area contributed by atoms with E-state index in [9.17, 15) is 4.79 Å². The van der Waals surface area contributed by atoms with E-state index in [0.29, 0.717) is 5.95 Å². The third-order valence-electron chi connectivity index (χ3n) is 3.94. The molecule has 6 nitrogen and oxygen atoms in total. The molecule has 25 heavy (non-hydrogen) atoms. The van der Waals surface area contributed by atoms with E-state index >= 15 is 0 Å². The fraction of sp³-hybridized carbons (Fsp3) is 0.211. The molecule has 0 radical (unpaired) electrons. The van der Waals surface area contributed by atoms with E-state index < -0.39 is 0 Å². The van der Waals surface area contributed by atoms with Crippen molar-refractivity contribution in [2.45, 2.75) is 19.4 Å². The number of anilines is 1. The fourth-order valence-corrected chi connectivity index (χ4v) is 2.70. The Labute approximate surface area is 146 Å². The number of nitrogens with zero attached hydrogens (tertiary/aromatic N) is 3. The molecule has 0 unspecified atom stereocenters. The molecule has 2 aromatic carbocycles. The number of nitrogens with one attached hydrogen (secondary N) is 2. The molecule has 2 N–H and O–H groups in total. The van der Waals surface area contributed by atoms with E-state index in [1.807, 2.05) is 74.6 Å². The summed E-state index contributed by atoms with van der Waals surface area (Å²) >= 11 is 0. The van der Waals surface area contributed by atoms with Crippen LogP contribution in [0.15, 0.2) is 60.7 Å². The van der Waals surface area contributed by atoms with E-state index in [1.54, 1.807) is 4.68 Å². The van der Waals surface area contributed by atoms with E-state index in [2.05, 4.69) is 20.7 Å². The first-order valence-corrected chi connectivity index (χ1v) is 8.24. The molecule has 1 aromatic heterocycles. The van der Waals surface area contributed by atoms with Gasteiger partial charge in [0.05, 0.1) is 6.04 Å². The molecule has 0 fully saturated rings. The lowest BCUT2D eigenvalue weighted by Crippen LogP contribution is -2.33. The Balaban J connectivity index is 1.79. The second-order valence-corrected chi connectivity index (χ2v) is 5.68. The van der Waals surface area contributed by atoms with Crippen molar-refractivity contribution in [3.8, 4) is 0 Å². The third kappa shape index (κ3) is 4.03. The SMILES string of the molecule is CCc1nc(NC(=O)NC(c2ccccc2)c2ccccc2)nn1C.